The standard InChI is InChI=1S/C14H18BrNO2/c1-18-10-11-3-2-6-16(8-11)14-5-4-13(15)7-12(14)9-17/h4-5,7,9,11H,2-3,6,8,10H2,1H3. The third kappa shape index (κ3) is 3.12. The number of nitrogens with zero attached hydrogens (tertiary/aromatic N) is 1. The minimum absolute atomic E-state index is 0.562. The molecular formula is C14H18BrNO2. The molecule has 1 heterocycles. The summed E-state index contributed by atoms with van der Waals surface area (Å²) in [5, 5.41) is 0. The highest BCUT2D eigenvalue weighted by molar-refractivity contribution is 9.10. The number of carbonyl (C=O) groups is 1. The lowest BCUT2D eigenvalue weighted by atomic mass is 9.98. The van der Waals surface area contributed by atoms with Gasteiger partial charge in [-0.15, -0.1) is 0 Å². The van der Waals surface area contributed by atoms with Crippen LogP contribution in [0.5, 0.6) is 0 Å². The van der Waals surface area contributed by atoms with E-state index >= 15 is 0 Å². The number of hydrogen-bond acceptors (Lipinski definition) is 3. The van der Waals surface area contributed by atoms with Crippen LogP contribution < -0.4 is 4.90 Å². The zero-order valence-corrected chi connectivity index (χ0v) is 12.1. The minimum atomic E-state index is 0.562. The Balaban J connectivity index is 2.17. The first-order valence-corrected chi connectivity index (χ1v) is 7.02. The van der Waals surface area contributed by atoms with E-state index in [-0.39, 0.29) is 0 Å². The average Bonchev–Trinajstić information content (AvgIpc) is 2.39. The van der Waals surface area contributed by atoms with Gasteiger partial charge in [-0.1, -0.05) is 15.9 Å². The smallest absolute Gasteiger partial charge is 0.152 e. The van der Waals surface area contributed by atoms with Gasteiger partial charge in [0.15, 0.2) is 6.29 Å². The van der Waals surface area contributed by atoms with E-state index in [2.05, 4.69) is 20.8 Å². The summed E-state index contributed by atoms with van der Waals surface area (Å²) in [6, 6.07) is 5.88. The van der Waals surface area contributed by atoms with Gasteiger partial charge in [0.2, 0.25) is 0 Å². The van der Waals surface area contributed by atoms with Crippen molar-refractivity contribution in [3.05, 3.63) is 28.2 Å². The zero-order chi connectivity index (χ0) is 13.0. The number of ether oxygens (including phenoxy) is 1. The first-order valence-electron chi connectivity index (χ1n) is 6.23. The maximum atomic E-state index is 11.2. The predicted molar refractivity (Wildman–Crippen MR) is 76.3 cm³/mol. The second kappa shape index (κ2) is 6.34. The molecule has 1 unspecified atom stereocenters. The Hall–Kier alpha value is -0.870. The maximum absolute atomic E-state index is 11.2. The summed E-state index contributed by atoms with van der Waals surface area (Å²) in [5.74, 6) is 0.562. The summed E-state index contributed by atoms with van der Waals surface area (Å²) in [6.45, 7) is 2.78. The molecule has 0 bridgehead atoms. The normalized spacial score (nSPS) is 19.9. The van der Waals surface area contributed by atoms with E-state index in [0.29, 0.717) is 5.92 Å². The summed E-state index contributed by atoms with van der Waals surface area (Å²) in [4.78, 5) is 13.5. The number of anilines is 1. The fourth-order valence-corrected chi connectivity index (χ4v) is 2.94. The number of hydrogen-bond donors (Lipinski definition) is 0. The molecule has 1 saturated heterocycles. The van der Waals surface area contributed by atoms with Gasteiger partial charge in [0.05, 0.1) is 6.61 Å². The predicted octanol–water partition coefficient (Wildman–Crippen LogP) is 3.12. The lowest BCUT2D eigenvalue weighted by Crippen LogP contribution is -2.37. The Morgan fingerprint density at radius 3 is 3.11 bits per heavy atom. The Morgan fingerprint density at radius 1 is 1.56 bits per heavy atom. The van der Waals surface area contributed by atoms with E-state index in [1.807, 2.05) is 18.2 Å². The third-order valence-corrected chi connectivity index (χ3v) is 3.87. The van der Waals surface area contributed by atoms with Gasteiger partial charge in [0.1, 0.15) is 0 Å². The second-order valence-corrected chi connectivity index (χ2v) is 5.65. The Morgan fingerprint density at radius 2 is 2.39 bits per heavy atom. The van der Waals surface area contributed by atoms with Crippen molar-refractivity contribution in [2.45, 2.75) is 12.8 Å². The highest BCUT2D eigenvalue weighted by atomic mass is 79.9. The quantitative estimate of drug-likeness (QED) is 0.800. The number of halogens is 1. The number of piperidine rings is 1. The summed E-state index contributed by atoms with van der Waals surface area (Å²) in [6.07, 6.45) is 3.29. The topological polar surface area (TPSA) is 29.5 Å². The zero-order valence-electron chi connectivity index (χ0n) is 10.6. The molecule has 1 aromatic carbocycles. The lowest BCUT2D eigenvalue weighted by Gasteiger charge is -2.34. The molecule has 0 N–H and O–H groups in total. The van der Waals surface area contributed by atoms with E-state index in [1.54, 1.807) is 7.11 Å². The van der Waals surface area contributed by atoms with Crippen LogP contribution in [0.25, 0.3) is 0 Å². The van der Waals surface area contributed by atoms with Crippen molar-refractivity contribution in [3.63, 3.8) is 0 Å². The molecule has 1 atom stereocenters. The molecule has 0 spiro atoms. The van der Waals surface area contributed by atoms with Crippen LogP contribution in [-0.4, -0.2) is 33.1 Å². The first kappa shape index (κ1) is 13.6. The van der Waals surface area contributed by atoms with Gasteiger partial charge in [-0.05, 0) is 37.0 Å². The average molecular weight is 312 g/mol. The van der Waals surface area contributed by atoms with E-state index < -0.39 is 0 Å². The molecule has 18 heavy (non-hydrogen) atoms. The summed E-state index contributed by atoms with van der Waals surface area (Å²) >= 11 is 3.40. The Kier molecular flexibility index (Phi) is 4.78. The van der Waals surface area contributed by atoms with Gasteiger partial charge in [-0.2, -0.15) is 0 Å². The molecule has 1 aliphatic heterocycles. The van der Waals surface area contributed by atoms with Gasteiger partial charge in [0, 0.05) is 35.9 Å². The first-order chi connectivity index (χ1) is 8.74. The van der Waals surface area contributed by atoms with E-state index in [1.165, 1.54) is 6.42 Å². The van der Waals surface area contributed by atoms with Crippen LogP contribution in [0.3, 0.4) is 0 Å². The SMILES string of the molecule is COCC1CCCN(c2ccc(Br)cc2C=O)C1. The van der Waals surface area contributed by atoms with Crippen molar-refractivity contribution >= 4 is 27.9 Å². The van der Waals surface area contributed by atoms with Gasteiger partial charge in [0.25, 0.3) is 0 Å². The molecule has 4 heteroatoms. The highest BCUT2D eigenvalue weighted by Gasteiger charge is 2.21. The highest BCUT2D eigenvalue weighted by Crippen LogP contribution is 2.27. The largest absolute Gasteiger partial charge is 0.384 e. The molecule has 2 rings (SSSR count). The summed E-state index contributed by atoms with van der Waals surface area (Å²) in [5.41, 5.74) is 1.79. The molecule has 0 amide bonds. The van der Waals surface area contributed by atoms with Crippen LogP contribution in [0.2, 0.25) is 0 Å². The molecule has 98 valence electrons. The number of benzene rings is 1. The van der Waals surface area contributed by atoms with Crippen LogP contribution in [0.15, 0.2) is 22.7 Å². The van der Waals surface area contributed by atoms with Crippen molar-refractivity contribution in [2.24, 2.45) is 5.92 Å². The van der Waals surface area contributed by atoms with Gasteiger partial charge in [-0.25, -0.2) is 0 Å². The molecule has 0 saturated carbocycles. The van der Waals surface area contributed by atoms with Crippen molar-refractivity contribution in [1.82, 2.24) is 0 Å². The Labute approximate surface area is 116 Å². The van der Waals surface area contributed by atoms with Crippen molar-refractivity contribution in [3.8, 4) is 0 Å². The fraction of sp³-hybridized carbons (Fsp3) is 0.500. The van der Waals surface area contributed by atoms with Gasteiger partial charge in [-0.3, -0.25) is 4.79 Å². The monoisotopic (exact) mass is 311 g/mol. The van der Waals surface area contributed by atoms with E-state index in [0.717, 1.165) is 48.1 Å². The molecule has 1 fully saturated rings. The van der Waals surface area contributed by atoms with Crippen LogP contribution in [0.1, 0.15) is 23.2 Å². The van der Waals surface area contributed by atoms with Crippen LogP contribution in [0, 0.1) is 5.92 Å². The van der Waals surface area contributed by atoms with Crippen molar-refractivity contribution in [2.75, 3.05) is 31.7 Å². The molecule has 3 nitrogen and oxygen atoms in total. The molecule has 0 radical (unpaired) electrons. The number of methoxy groups -OCH3 is 1. The number of aldehydes is 1. The summed E-state index contributed by atoms with van der Waals surface area (Å²) < 4.78 is 6.18. The molecule has 0 aromatic heterocycles. The fourth-order valence-electron chi connectivity index (χ4n) is 2.56. The molecular weight excluding hydrogens is 294 g/mol. The third-order valence-electron chi connectivity index (χ3n) is 3.38. The molecule has 0 aliphatic carbocycles. The second-order valence-electron chi connectivity index (χ2n) is 4.73. The van der Waals surface area contributed by atoms with Crippen molar-refractivity contribution < 1.29 is 9.53 Å². The lowest BCUT2D eigenvalue weighted by molar-refractivity contribution is 0.112. The molecule has 1 aromatic rings. The summed E-state index contributed by atoms with van der Waals surface area (Å²) in [7, 11) is 1.75. The van der Waals surface area contributed by atoms with E-state index in [4.69, 9.17) is 4.74 Å². The molecule has 1 aliphatic rings. The van der Waals surface area contributed by atoms with Gasteiger partial charge < -0.3 is 9.64 Å². The van der Waals surface area contributed by atoms with Crippen LogP contribution in [-0.2, 0) is 4.74 Å². The number of carbonyl (C=O) groups excluding carboxylic acids is 1. The minimum Gasteiger partial charge on any atom is -0.384 e. The van der Waals surface area contributed by atoms with Crippen molar-refractivity contribution in [1.29, 1.82) is 0 Å². The number of rotatable bonds is 4. The van der Waals surface area contributed by atoms with Crippen LogP contribution in [0.4, 0.5) is 5.69 Å². The Bertz CT molecular complexity index is 420. The van der Waals surface area contributed by atoms with E-state index in [9.17, 15) is 4.79 Å². The maximum Gasteiger partial charge on any atom is 0.152 e. The van der Waals surface area contributed by atoms with Gasteiger partial charge >= 0.3 is 0 Å². The van der Waals surface area contributed by atoms with Crippen LogP contribution >= 0.6 is 15.9 Å².